The van der Waals surface area contributed by atoms with Crippen LogP contribution in [0.5, 0.6) is 0 Å². The van der Waals surface area contributed by atoms with Crippen molar-refractivity contribution < 1.29 is 14.3 Å². The van der Waals surface area contributed by atoms with Crippen molar-refractivity contribution in [2.75, 3.05) is 6.54 Å². The third-order valence-corrected chi connectivity index (χ3v) is 6.31. The van der Waals surface area contributed by atoms with Crippen LogP contribution < -0.4 is 10.6 Å². The van der Waals surface area contributed by atoms with Crippen molar-refractivity contribution in [1.29, 1.82) is 0 Å². The summed E-state index contributed by atoms with van der Waals surface area (Å²) in [5, 5.41) is 6.15. The highest BCUT2D eigenvalue weighted by Gasteiger charge is 2.29. The lowest BCUT2D eigenvalue weighted by atomic mass is 9.81. The summed E-state index contributed by atoms with van der Waals surface area (Å²) < 4.78 is 6.20. The Labute approximate surface area is 205 Å². The molecular formula is C26H34BrN3O3. The second-order valence-electron chi connectivity index (χ2n) is 9.79. The van der Waals surface area contributed by atoms with E-state index in [2.05, 4.69) is 43.7 Å². The molecule has 1 saturated carbocycles. The number of ether oxygens (including phenoxy) is 1. The van der Waals surface area contributed by atoms with Gasteiger partial charge in [0.1, 0.15) is 5.60 Å². The van der Waals surface area contributed by atoms with Gasteiger partial charge in [-0.15, -0.1) is 0 Å². The first kappa shape index (κ1) is 25.2. The molecule has 178 valence electrons. The number of benzene rings is 1. The number of aromatic nitrogens is 1. The van der Waals surface area contributed by atoms with Crippen molar-refractivity contribution in [2.24, 2.45) is 11.8 Å². The van der Waals surface area contributed by atoms with Crippen LogP contribution in [0, 0.1) is 11.8 Å². The van der Waals surface area contributed by atoms with E-state index in [4.69, 9.17) is 4.74 Å². The zero-order valence-electron chi connectivity index (χ0n) is 19.6. The number of hydrogen-bond donors (Lipinski definition) is 2. The zero-order valence-corrected chi connectivity index (χ0v) is 21.2. The molecule has 1 atom stereocenters. The summed E-state index contributed by atoms with van der Waals surface area (Å²) in [6.45, 7) is 6.15. The molecule has 1 aliphatic rings. The van der Waals surface area contributed by atoms with Crippen LogP contribution in [-0.2, 0) is 16.0 Å². The number of amides is 2. The Kier molecular flexibility index (Phi) is 8.89. The van der Waals surface area contributed by atoms with Gasteiger partial charge >= 0.3 is 6.09 Å². The molecule has 1 aliphatic carbocycles. The van der Waals surface area contributed by atoms with Crippen molar-refractivity contribution in [3.8, 4) is 0 Å². The maximum atomic E-state index is 13.2. The largest absolute Gasteiger partial charge is 0.444 e. The topological polar surface area (TPSA) is 80.3 Å². The van der Waals surface area contributed by atoms with Crippen LogP contribution in [0.15, 0.2) is 53.3 Å². The third-order valence-electron chi connectivity index (χ3n) is 5.88. The summed E-state index contributed by atoms with van der Waals surface area (Å²) >= 11 is 3.49. The van der Waals surface area contributed by atoms with Crippen molar-refractivity contribution in [3.63, 3.8) is 0 Å². The van der Waals surface area contributed by atoms with Gasteiger partial charge in [0.2, 0.25) is 5.91 Å². The van der Waals surface area contributed by atoms with Gasteiger partial charge in [-0.3, -0.25) is 9.78 Å². The SMILES string of the molecule is CC(C)(C)OC(=O)NC[C@H]1CC[C@H](C(=O)NC(Cc2ccccc2)c2cncc(Br)c2)CC1. The summed E-state index contributed by atoms with van der Waals surface area (Å²) in [5.41, 5.74) is 1.65. The van der Waals surface area contributed by atoms with Gasteiger partial charge in [-0.2, -0.15) is 0 Å². The molecule has 0 bridgehead atoms. The van der Waals surface area contributed by atoms with Crippen LogP contribution in [0.25, 0.3) is 0 Å². The number of alkyl carbamates (subject to hydrolysis) is 1. The molecule has 1 aromatic carbocycles. The van der Waals surface area contributed by atoms with E-state index < -0.39 is 5.60 Å². The smallest absolute Gasteiger partial charge is 0.407 e. The first-order valence-corrected chi connectivity index (χ1v) is 12.4. The van der Waals surface area contributed by atoms with Crippen molar-refractivity contribution >= 4 is 27.9 Å². The lowest BCUT2D eigenvalue weighted by molar-refractivity contribution is -0.127. The number of nitrogens with zero attached hydrogens (tertiary/aromatic N) is 1. The molecule has 1 heterocycles. The van der Waals surface area contributed by atoms with Gasteiger partial charge in [-0.25, -0.2) is 4.79 Å². The molecule has 2 amide bonds. The number of pyridine rings is 1. The van der Waals surface area contributed by atoms with E-state index >= 15 is 0 Å². The molecule has 0 spiro atoms. The summed E-state index contributed by atoms with van der Waals surface area (Å²) in [6, 6.07) is 12.0. The zero-order chi connectivity index (χ0) is 23.8. The Morgan fingerprint density at radius 1 is 1.12 bits per heavy atom. The number of hydrogen-bond acceptors (Lipinski definition) is 4. The molecule has 7 heteroatoms. The van der Waals surface area contributed by atoms with Gasteiger partial charge in [-0.1, -0.05) is 30.3 Å². The molecular weight excluding hydrogens is 482 g/mol. The van der Waals surface area contributed by atoms with Gasteiger partial charge in [-0.05, 0) is 91.9 Å². The molecule has 0 aliphatic heterocycles. The van der Waals surface area contributed by atoms with Crippen molar-refractivity contribution in [3.05, 3.63) is 64.4 Å². The van der Waals surface area contributed by atoms with E-state index in [9.17, 15) is 9.59 Å². The van der Waals surface area contributed by atoms with Gasteiger partial charge in [0.25, 0.3) is 0 Å². The highest BCUT2D eigenvalue weighted by Crippen LogP contribution is 2.30. The minimum absolute atomic E-state index is 0.0128. The van der Waals surface area contributed by atoms with Gasteiger partial charge in [0.05, 0.1) is 6.04 Å². The summed E-state index contributed by atoms with van der Waals surface area (Å²) in [5.74, 6) is 0.451. The van der Waals surface area contributed by atoms with E-state index in [-0.39, 0.29) is 24.0 Å². The molecule has 1 unspecified atom stereocenters. The van der Waals surface area contributed by atoms with Gasteiger partial charge < -0.3 is 15.4 Å². The van der Waals surface area contributed by atoms with E-state index in [0.717, 1.165) is 35.7 Å². The molecule has 6 nitrogen and oxygen atoms in total. The van der Waals surface area contributed by atoms with Crippen LogP contribution in [0.1, 0.15) is 63.6 Å². The van der Waals surface area contributed by atoms with Crippen LogP contribution in [0.3, 0.4) is 0 Å². The third kappa shape index (κ3) is 8.46. The molecule has 0 saturated heterocycles. The van der Waals surface area contributed by atoms with Crippen LogP contribution in [0.4, 0.5) is 4.79 Å². The predicted molar refractivity (Wildman–Crippen MR) is 133 cm³/mol. The first-order chi connectivity index (χ1) is 15.7. The number of rotatable bonds is 7. The normalized spacial score (nSPS) is 19.4. The van der Waals surface area contributed by atoms with Gasteiger partial charge in [0, 0.05) is 29.3 Å². The Hall–Kier alpha value is -2.41. The van der Waals surface area contributed by atoms with Crippen LogP contribution in [0.2, 0.25) is 0 Å². The Morgan fingerprint density at radius 3 is 2.45 bits per heavy atom. The fourth-order valence-corrected chi connectivity index (χ4v) is 4.56. The minimum Gasteiger partial charge on any atom is -0.444 e. The lowest BCUT2D eigenvalue weighted by Crippen LogP contribution is -2.39. The summed E-state index contributed by atoms with van der Waals surface area (Å²) in [4.78, 5) is 29.3. The minimum atomic E-state index is -0.500. The van der Waals surface area contributed by atoms with Crippen LogP contribution in [-0.4, -0.2) is 29.1 Å². The Balaban J connectivity index is 1.54. The van der Waals surface area contributed by atoms with Gasteiger partial charge in [0.15, 0.2) is 0 Å². The quantitative estimate of drug-likeness (QED) is 0.504. The number of carbonyl (C=O) groups excluding carboxylic acids is 2. The average molecular weight is 516 g/mol. The summed E-state index contributed by atoms with van der Waals surface area (Å²) in [7, 11) is 0. The summed E-state index contributed by atoms with van der Waals surface area (Å²) in [6.07, 6.45) is 7.36. The average Bonchev–Trinajstić information content (AvgIpc) is 2.77. The molecule has 2 aromatic rings. The van der Waals surface area contributed by atoms with E-state index in [1.165, 1.54) is 5.56 Å². The molecule has 3 rings (SSSR count). The van der Waals surface area contributed by atoms with E-state index in [1.807, 2.05) is 51.2 Å². The Bertz CT molecular complexity index is 922. The predicted octanol–water partition coefficient (Wildman–Crippen LogP) is 5.58. The van der Waals surface area contributed by atoms with Crippen molar-refractivity contribution in [2.45, 2.75) is 64.5 Å². The second-order valence-corrected chi connectivity index (χ2v) is 10.7. The van der Waals surface area contributed by atoms with Crippen molar-refractivity contribution in [1.82, 2.24) is 15.6 Å². The highest BCUT2D eigenvalue weighted by molar-refractivity contribution is 9.10. The molecule has 33 heavy (non-hydrogen) atoms. The fourth-order valence-electron chi connectivity index (χ4n) is 4.18. The first-order valence-electron chi connectivity index (χ1n) is 11.6. The fraction of sp³-hybridized carbons (Fsp3) is 0.500. The van der Waals surface area contributed by atoms with Crippen LogP contribution >= 0.6 is 15.9 Å². The second kappa shape index (κ2) is 11.6. The molecule has 0 radical (unpaired) electrons. The highest BCUT2D eigenvalue weighted by atomic mass is 79.9. The monoisotopic (exact) mass is 515 g/mol. The molecule has 1 aromatic heterocycles. The van der Waals surface area contributed by atoms with E-state index in [0.29, 0.717) is 18.9 Å². The molecule has 1 fully saturated rings. The Morgan fingerprint density at radius 2 is 1.82 bits per heavy atom. The standard InChI is InChI=1S/C26H34BrN3O3/c1-26(2,3)33-25(32)29-15-19-9-11-20(12-10-19)24(31)30-23(13-18-7-5-4-6-8-18)21-14-22(27)17-28-16-21/h4-8,14,16-17,19-20,23H,9-13,15H2,1-3H3,(H,29,32)(H,30,31)/t19-,20-,23?. The van der Waals surface area contributed by atoms with E-state index in [1.54, 1.807) is 6.20 Å². The number of halogens is 1. The lowest BCUT2D eigenvalue weighted by Gasteiger charge is -2.30. The number of nitrogens with one attached hydrogen (secondary N) is 2. The maximum Gasteiger partial charge on any atom is 0.407 e. The number of carbonyl (C=O) groups is 2. The molecule has 2 N–H and O–H groups in total. The maximum absolute atomic E-state index is 13.2.